The van der Waals surface area contributed by atoms with Gasteiger partial charge in [0.1, 0.15) is 0 Å². The number of benzene rings is 2. The van der Waals surface area contributed by atoms with E-state index >= 15 is 0 Å². The highest BCUT2D eigenvalue weighted by atomic mass is 35.5. The number of amides is 2. The van der Waals surface area contributed by atoms with Crippen molar-refractivity contribution in [1.82, 2.24) is 0 Å². The van der Waals surface area contributed by atoms with E-state index in [9.17, 15) is 18.0 Å². The van der Waals surface area contributed by atoms with Crippen LogP contribution in [0.1, 0.15) is 37.8 Å². The monoisotopic (exact) mass is 448 g/mol. The lowest BCUT2D eigenvalue weighted by Crippen LogP contribution is -2.35. The minimum absolute atomic E-state index is 0.00230. The number of fused-ring (bicyclic) bond motifs is 1. The van der Waals surface area contributed by atoms with E-state index in [1.54, 1.807) is 35.2 Å². The Morgan fingerprint density at radius 2 is 1.93 bits per heavy atom. The molecule has 1 heterocycles. The third kappa shape index (κ3) is 4.68. The molecule has 0 fully saturated rings. The Hall–Kier alpha value is -2.38. The summed E-state index contributed by atoms with van der Waals surface area (Å²) in [7, 11) is -3.64. The van der Waals surface area contributed by atoms with Gasteiger partial charge in [-0.15, -0.1) is 0 Å². The van der Waals surface area contributed by atoms with Crippen LogP contribution in [0.25, 0.3) is 0 Å². The molecule has 1 aliphatic heterocycles. The average molecular weight is 449 g/mol. The van der Waals surface area contributed by atoms with Gasteiger partial charge in [-0.25, -0.2) is 8.42 Å². The normalized spacial score (nSPS) is 15.7. The van der Waals surface area contributed by atoms with Crippen LogP contribution in [-0.2, 0) is 25.8 Å². The second-order valence-electron chi connectivity index (χ2n) is 7.54. The van der Waals surface area contributed by atoms with Gasteiger partial charge in [0, 0.05) is 35.3 Å². The molecule has 0 radical (unpaired) electrons. The molecule has 0 bridgehead atoms. The maximum atomic E-state index is 12.8. The molecule has 0 unspecified atom stereocenters. The summed E-state index contributed by atoms with van der Waals surface area (Å²) < 4.78 is 25.5. The molecule has 1 aliphatic rings. The zero-order valence-electron chi connectivity index (χ0n) is 17.2. The number of carbonyl (C=O) groups excluding carboxylic acids is 2. The van der Waals surface area contributed by atoms with Gasteiger partial charge in [-0.05, 0) is 61.7 Å². The quantitative estimate of drug-likeness (QED) is 0.719. The highest BCUT2D eigenvalue weighted by Crippen LogP contribution is 2.34. The van der Waals surface area contributed by atoms with Crippen LogP contribution in [0.2, 0.25) is 5.02 Å². The standard InChI is InChI=1S/C22H25ClN2O4S/c1-4-22(27)25-15(3)11-16-12-18(7-8-20(16)25)30(28,29)10-9-21(26)24-17-6-5-14(2)19(23)13-17/h5-8,12-13,15H,4,9-11H2,1-3H3,(H,24,26)/t15-/m0/s1. The Balaban J connectivity index is 1.69. The highest BCUT2D eigenvalue weighted by Gasteiger charge is 2.31. The first kappa shape index (κ1) is 22.3. The van der Waals surface area contributed by atoms with Gasteiger partial charge >= 0.3 is 0 Å². The van der Waals surface area contributed by atoms with Crippen molar-refractivity contribution >= 4 is 44.6 Å². The van der Waals surface area contributed by atoms with Gasteiger partial charge in [-0.2, -0.15) is 0 Å². The molecule has 6 nitrogen and oxygen atoms in total. The smallest absolute Gasteiger partial charge is 0.226 e. The summed E-state index contributed by atoms with van der Waals surface area (Å²) in [5, 5.41) is 3.21. The maximum Gasteiger partial charge on any atom is 0.226 e. The molecule has 0 aromatic heterocycles. The summed E-state index contributed by atoms with van der Waals surface area (Å²) in [6.07, 6.45) is 0.839. The van der Waals surface area contributed by atoms with Crippen LogP contribution in [0.15, 0.2) is 41.3 Å². The number of hydrogen-bond donors (Lipinski definition) is 1. The van der Waals surface area contributed by atoms with Crippen molar-refractivity contribution in [2.75, 3.05) is 16.0 Å². The van der Waals surface area contributed by atoms with E-state index in [-0.39, 0.29) is 29.0 Å². The fourth-order valence-corrected chi connectivity index (χ4v) is 5.06. The summed E-state index contributed by atoms with van der Waals surface area (Å²) in [6.45, 7) is 5.61. The zero-order valence-corrected chi connectivity index (χ0v) is 18.8. The molecular weight excluding hydrogens is 424 g/mol. The first-order valence-electron chi connectivity index (χ1n) is 9.86. The van der Waals surface area contributed by atoms with Gasteiger partial charge in [-0.3, -0.25) is 9.59 Å². The van der Waals surface area contributed by atoms with Gasteiger partial charge < -0.3 is 10.2 Å². The van der Waals surface area contributed by atoms with Gasteiger partial charge in [0.2, 0.25) is 11.8 Å². The van der Waals surface area contributed by atoms with E-state index in [0.717, 1.165) is 16.8 Å². The minimum Gasteiger partial charge on any atom is -0.326 e. The second kappa shape index (κ2) is 8.78. The van der Waals surface area contributed by atoms with Crippen LogP contribution in [-0.4, -0.2) is 32.0 Å². The molecule has 1 atom stereocenters. The molecule has 2 aromatic rings. The SMILES string of the molecule is CCC(=O)N1c2ccc(S(=O)(=O)CCC(=O)Nc3ccc(C)c(Cl)c3)cc2C[C@@H]1C. The Bertz CT molecular complexity index is 1100. The third-order valence-electron chi connectivity index (χ3n) is 5.25. The number of nitrogens with zero attached hydrogens (tertiary/aromatic N) is 1. The van der Waals surface area contributed by atoms with Crippen molar-refractivity contribution in [1.29, 1.82) is 0 Å². The van der Waals surface area contributed by atoms with E-state index in [1.165, 1.54) is 6.07 Å². The molecule has 2 aromatic carbocycles. The first-order valence-corrected chi connectivity index (χ1v) is 11.9. The fourth-order valence-electron chi connectivity index (χ4n) is 3.59. The van der Waals surface area contributed by atoms with E-state index in [4.69, 9.17) is 11.6 Å². The summed E-state index contributed by atoms with van der Waals surface area (Å²) in [5.74, 6) is -0.678. The van der Waals surface area contributed by atoms with Crippen LogP contribution >= 0.6 is 11.6 Å². The van der Waals surface area contributed by atoms with E-state index in [2.05, 4.69) is 5.32 Å². The largest absolute Gasteiger partial charge is 0.326 e. The maximum absolute atomic E-state index is 12.8. The molecule has 0 aliphatic carbocycles. The molecular formula is C22H25ClN2O4S. The molecule has 8 heteroatoms. The number of rotatable bonds is 6. The van der Waals surface area contributed by atoms with Crippen molar-refractivity contribution in [3.05, 3.63) is 52.5 Å². The number of nitrogens with one attached hydrogen (secondary N) is 1. The molecule has 0 saturated heterocycles. The van der Waals surface area contributed by atoms with Gasteiger partial charge in [0.05, 0.1) is 10.6 Å². The number of halogens is 1. The number of anilines is 2. The van der Waals surface area contributed by atoms with Crippen molar-refractivity contribution in [3.63, 3.8) is 0 Å². The summed E-state index contributed by atoms with van der Waals surface area (Å²) in [5.41, 5.74) is 3.02. The lowest BCUT2D eigenvalue weighted by Gasteiger charge is -2.22. The van der Waals surface area contributed by atoms with Crippen LogP contribution in [0.4, 0.5) is 11.4 Å². The Morgan fingerprint density at radius 1 is 1.20 bits per heavy atom. The molecule has 0 saturated carbocycles. The molecule has 1 N–H and O–H groups in total. The number of carbonyl (C=O) groups is 2. The highest BCUT2D eigenvalue weighted by molar-refractivity contribution is 7.91. The zero-order chi connectivity index (χ0) is 22.1. The number of sulfone groups is 1. The molecule has 30 heavy (non-hydrogen) atoms. The topological polar surface area (TPSA) is 83.6 Å². The number of aryl methyl sites for hydroxylation is 1. The lowest BCUT2D eigenvalue weighted by atomic mass is 10.1. The fraction of sp³-hybridized carbons (Fsp3) is 0.364. The van der Waals surface area contributed by atoms with Crippen LogP contribution < -0.4 is 10.2 Å². The van der Waals surface area contributed by atoms with Crippen molar-refractivity contribution in [3.8, 4) is 0 Å². The van der Waals surface area contributed by atoms with Crippen LogP contribution in [0.5, 0.6) is 0 Å². The van der Waals surface area contributed by atoms with Crippen molar-refractivity contribution in [2.45, 2.75) is 51.0 Å². The third-order valence-corrected chi connectivity index (χ3v) is 7.37. The van der Waals surface area contributed by atoms with Gasteiger partial charge in [0.15, 0.2) is 9.84 Å². The Kier molecular flexibility index (Phi) is 6.53. The Morgan fingerprint density at radius 3 is 2.60 bits per heavy atom. The van der Waals surface area contributed by atoms with E-state index in [1.807, 2.05) is 20.8 Å². The van der Waals surface area contributed by atoms with Crippen LogP contribution in [0, 0.1) is 6.92 Å². The van der Waals surface area contributed by atoms with Gasteiger partial charge in [0.25, 0.3) is 0 Å². The Labute approximate surface area is 182 Å². The minimum atomic E-state index is -3.64. The summed E-state index contributed by atoms with van der Waals surface area (Å²) in [4.78, 5) is 26.3. The summed E-state index contributed by atoms with van der Waals surface area (Å²) in [6, 6.07) is 9.96. The van der Waals surface area contributed by atoms with Crippen LogP contribution in [0.3, 0.4) is 0 Å². The average Bonchev–Trinajstić information content (AvgIpc) is 3.03. The molecule has 0 spiro atoms. The summed E-state index contributed by atoms with van der Waals surface area (Å²) >= 11 is 6.05. The van der Waals surface area contributed by atoms with E-state index < -0.39 is 15.7 Å². The molecule has 3 rings (SSSR count). The number of hydrogen-bond acceptors (Lipinski definition) is 4. The predicted octanol–water partition coefficient (Wildman–Crippen LogP) is 4.14. The van der Waals surface area contributed by atoms with Gasteiger partial charge in [-0.1, -0.05) is 24.6 Å². The predicted molar refractivity (Wildman–Crippen MR) is 119 cm³/mol. The lowest BCUT2D eigenvalue weighted by molar-refractivity contribution is -0.118. The first-order chi connectivity index (χ1) is 14.1. The van der Waals surface area contributed by atoms with Crippen molar-refractivity contribution in [2.24, 2.45) is 0 Å². The van der Waals surface area contributed by atoms with Crippen molar-refractivity contribution < 1.29 is 18.0 Å². The van der Waals surface area contributed by atoms with E-state index in [0.29, 0.717) is 23.6 Å². The second-order valence-corrected chi connectivity index (χ2v) is 10.1. The molecule has 2 amide bonds. The molecule has 160 valence electrons.